The van der Waals surface area contributed by atoms with Crippen molar-refractivity contribution in [3.8, 4) is 6.07 Å². The van der Waals surface area contributed by atoms with Gasteiger partial charge in [-0.05, 0) is 25.5 Å². The third-order valence-corrected chi connectivity index (χ3v) is 4.47. The van der Waals surface area contributed by atoms with Gasteiger partial charge in [0.25, 0.3) is 5.91 Å². The van der Waals surface area contributed by atoms with Crippen LogP contribution in [0.1, 0.15) is 36.6 Å². The number of carbonyl (C=O) groups is 2. The Morgan fingerprint density at radius 3 is 2.59 bits per heavy atom. The molecule has 1 spiro atoms. The van der Waals surface area contributed by atoms with Gasteiger partial charge in [0, 0.05) is 23.9 Å². The lowest BCUT2D eigenvalue weighted by molar-refractivity contribution is -0.127. The molecule has 22 heavy (non-hydrogen) atoms. The van der Waals surface area contributed by atoms with E-state index in [2.05, 4.69) is 0 Å². The topological polar surface area (TPSA) is 74.3 Å². The molecule has 0 bridgehead atoms. The maximum absolute atomic E-state index is 12.3. The predicted molar refractivity (Wildman–Crippen MR) is 78.9 cm³/mol. The van der Waals surface area contributed by atoms with Crippen molar-refractivity contribution in [3.63, 3.8) is 0 Å². The Hall–Kier alpha value is -2.35. The van der Waals surface area contributed by atoms with Crippen LogP contribution in [-0.2, 0) is 4.79 Å². The number of hydrogen-bond acceptors (Lipinski definition) is 4. The van der Waals surface area contributed by atoms with Crippen molar-refractivity contribution in [3.05, 3.63) is 35.3 Å². The highest BCUT2D eigenvalue weighted by Gasteiger charge is 2.52. The molecule has 1 saturated heterocycles. The van der Waals surface area contributed by atoms with Gasteiger partial charge < -0.3 is 9.32 Å². The first-order valence-electron chi connectivity index (χ1n) is 7.30. The van der Waals surface area contributed by atoms with Gasteiger partial charge in [0.1, 0.15) is 11.8 Å². The molecule has 3 rings (SSSR count). The van der Waals surface area contributed by atoms with Crippen LogP contribution in [0.3, 0.4) is 0 Å². The summed E-state index contributed by atoms with van der Waals surface area (Å²) in [5, 5.41) is 9.17. The SMILES string of the molecule is Cc1ccc(C(=O)N2CC3(C=C(C#N)C(=O)C(C)(C)C3)C2)o1. The van der Waals surface area contributed by atoms with Gasteiger partial charge in [-0.2, -0.15) is 5.26 Å². The number of furan rings is 1. The number of nitrogens with zero attached hydrogens (tertiary/aromatic N) is 2. The fourth-order valence-corrected chi connectivity index (χ4v) is 3.60. The Morgan fingerprint density at radius 2 is 2.05 bits per heavy atom. The molecule has 1 fully saturated rings. The van der Waals surface area contributed by atoms with Crippen LogP contribution in [-0.4, -0.2) is 29.7 Å². The molecule has 0 N–H and O–H groups in total. The van der Waals surface area contributed by atoms with E-state index >= 15 is 0 Å². The largest absolute Gasteiger partial charge is 0.456 e. The molecule has 1 aliphatic heterocycles. The minimum atomic E-state index is -0.559. The zero-order valence-electron chi connectivity index (χ0n) is 13.0. The number of likely N-dealkylation sites (tertiary alicyclic amines) is 1. The second-order valence-electron chi connectivity index (χ2n) is 6.99. The monoisotopic (exact) mass is 298 g/mol. The van der Waals surface area contributed by atoms with Crippen molar-refractivity contribution >= 4 is 11.7 Å². The molecule has 0 saturated carbocycles. The van der Waals surface area contributed by atoms with E-state index in [-0.39, 0.29) is 22.7 Å². The zero-order chi connectivity index (χ0) is 16.1. The van der Waals surface area contributed by atoms with Gasteiger partial charge >= 0.3 is 0 Å². The molecule has 0 unspecified atom stereocenters. The van der Waals surface area contributed by atoms with E-state index in [1.54, 1.807) is 30.0 Å². The molecule has 2 aliphatic rings. The van der Waals surface area contributed by atoms with E-state index in [0.29, 0.717) is 31.0 Å². The lowest BCUT2D eigenvalue weighted by Crippen LogP contribution is -2.60. The molecule has 2 heterocycles. The van der Waals surface area contributed by atoms with E-state index in [0.717, 1.165) is 0 Å². The van der Waals surface area contributed by atoms with Crippen molar-refractivity contribution in [1.29, 1.82) is 5.26 Å². The average Bonchev–Trinajstić information content (AvgIpc) is 2.85. The number of aryl methyl sites for hydroxylation is 1. The molecule has 0 aromatic carbocycles. The van der Waals surface area contributed by atoms with Crippen LogP contribution in [0.25, 0.3) is 0 Å². The summed E-state index contributed by atoms with van der Waals surface area (Å²) >= 11 is 0. The summed E-state index contributed by atoms with van der Waals surface area (Å²) < 4.78 is 5.37. The highest BCUT2D eigenvalue weighted by Crippen LogP contribution is 2.48. The second-order valence-corrected chi connectivity index (χ2v) is 6.99. The summed E-state index contributed by atoms with van der Waals surface area (Å²) in [6.45, 7) is 6.57. The van der Waals surface area contributed by atoms with E-state index in [9.17, 15) is 9.59 Å². The molecule has 1 amide bonds. The van der Waals surface area contributed by atoms with Crippen molar-refractivity contribution in [2.45, 2.75) is 27.2 Å². The summed E-state index contributed by atoms with van der Waals surface area (Å²) in [5.41, 5.74) is -0.604. The summed E-state index contributed by atoms with van der Waals surface area (Å²) in [7, 11) is 0. The normalized spacial score (nSPS) is 22.0. The van der Waals surface area contributed by atoms with Crippen LogP contribution in [0.4, 0.5) is 0 Å². The molecule has 0 atom stereocenters. The maximum Gasteiger partial charge on any atom is 0.289 e. The molecule has 1 aromatic rings. The van der Waals surface area contributed by atoms with E-state index in [1.165, 1.54) is 0 Å². The van der Waals surface area contributed by atoms with Gasteiger partial charge in [0.05, 0.1) is 5.57 Å². The van der Waals surface area contributed by atoms with Gasteiger partial charge in [-0.15, -0.1) is 0 Å². The van der Waals surface area contributed by atoms with Crippen LogP contribution >= 0.6 is 0 Å². The van der Waals surface area contributed by atoms with E-state index < -0.39 is 5.41 Å². The maximum atomic E-state index is 12.3. The summed E-state index contributed by atoms with van der Waals surface area (Å²) in [6.07, 6.45) is 2.42. The van der Waals surface area contributed by atoms with Gasteiger partial charge in [-0.25, -0.2) is 0 Å². The zero-order valence-corrected chi connectivity index (χ0v) is 13.0. The van der Waals surface area contributed by atoms with E-state index in [1.807, 2.05) is 19.9 Å². The second kappa shape index (κ2) is 4.57. The Morgan fingerprint density at radius 1 is 1.36 bits per heavy atom. The number of nitriles is 1. The summed E-state index contributed by atoms with van der Waals surface area (Å²) in [6, 6.07) is 5.44. The Kier molecular flexibility index (Phi) is 3.03. The molecule has 5 nitrogen and oxygen atoms in total. The van der Waals surface area contributed by atoms with Crippen molar-refractivity contribution in [2.24, 2.45) is 10.8 Å². The Bertz CT molecular complexity index is 727. The predicted octanol–water partition coefficient (Wildman–Crippen LogP) is 2.48. The fourth-order valence-electron chi connectivity index (χ4n) is 3.60. The fraction of sp³-hybridized carbons (Fsp3) is 0.471. The standard InChI is InChI=1S/C17H18N2O3/c1-11-4-5-13(22-11)15(21)19-9-17(10-19)6-12(7-18)14(20)16(2,3)8-17/h4-6H,8-10H2,1-3H3. The number of carbonyl (C=O) groups excluding carboxylic acids is 2. The molecular weight excluding hydrogens is 280 g/mol. The highest BCUT2D eigenvalue weighted by molar-refractivity contribution is 6.04. The summed E-state index contributed by atoms with van der Waals surface area (Å²) in [4.78, 5) is 26.2. The first-order chi connectivity index (χ1) is 10.3. The number of ketones is 1. The van der Waals surface area contributed by atoms with Crippen molar-refractivity contribution in [2.75, 3.05) is 13.1 Å². The third-order valence-electron chi connectivity index (χ3n) is 4.47. The molecule has 1 aromatic heterocycles. The van der Waals surface area contributed by atoms with Crippen molar-refractivity contribution in [1.82, 2.24) is 4.90 Å². The van der Waals surface area contributed by atoms with Crippen LogP contribution in [0.2, 0.25) is 0 Å². The van der Waals surface area contributed by atoms with Crippen LogP contribution < -0.4 is 0 Å². The highest BCUT2D eigenvalue weighted by atomic mass is 16.3. The molecule has 0 radical (unpaired) electrons. The average molecular weight is 298 g/mol. The number of allylic oxidation sites excluding steroid dienone is 1. The molecule has 5 heteroatoms. The van der Waals surface area contributed by atoms with Gasteiger partial charge in [-0.1, -0.05) is 19.9 Å². The lowest BCUT2D eigenvalue weighted by Gasteiger charge is -2.52. The minimum Gasteiger partial charge on any atom is -0.456 e. The molecule has 114 valence electrons. The third kappa shape index (κ3) is 2.16. The van der Waals surface area contributed by atoms with Gasteiger partial charge in [0.15, 0.2) is 11.5 Å². The smallest absolute Gasteiger partial charge is 0.289 e. The number of rotatable bonds is 1. The van der Waals surface area contributed by atoms with Crippen LogP contribution in [0.5, 0.6) is 0 Å². The Labute approximate surface area is 129 Å². The summed E-state index contributed by atoms with van der Waals surface area (Å²) in [5.74, 6) is 0.796. The number of hydrogen-bond donors (Lipinski definition) is 0. The Balaban J connectivity index is 1.79. The molecular formula is C17H18N2O3. The van der Waals surface area contributed by atoms with Crippen LogP contribution in [0.15, 0.2) is 28.2 Å². The lowest BCUT2D eigenvalue weighted by atomic mass is 9.61. The minimum absolute atomic E-state index is 0.105. The number of Topliss-reactive ketones (excluding diaryl/α,β-unsaturated/α-hetero) is 1. The van der Waals surface area contributed by atoms with Gasteiger partial charge in [-0.3, -0.25) is 9.59 Å². The van der Waals surface area contributed by atoms with Crippen molar-refractivity contribution < 1.29 is 14.0 Å². The first kappa shape index (κ1) is 14.6. The number of amides is 1. The quantitative estimate of drug-likeness (QED) is 0.798. The van der Waals surface area contributed by atoms with Crippen LogP contribution in [0, 0.1) is 29.1 Å². The molecule has 1 aliphatic carbocycles. The van der Waals surface area contributed by atoms with Gasteiger partial charge in [0.2, 0.25) is 0 Å². The van der Waals surface area contributed by atoms with E-state index in [4.69, 9.17) is 9.68 Å². The first-order valence-corrected chi connectivity index (χ1v) is 7.30.